The zero-order valence-corrected chi connectivity index (χ0v) is 17.6. The number of anilines is 1. The minimum absolute atomic E-state index is 0.0923. The van der Waals surface area contributed by atoms with E-state index in [9.17, 15) is 18.0 Å². The average Bonchev–Trinajstić information content (AvgIpc) is 2.98. The zero-order chi connectivity index (χ0) is 22.2. The van der Waals surface area contributed by atoms with Crippen molar-refractivity contribution in [1.82, 2.24) is 9.88 Å². The van der Waals surface area contributed by atoms with Crippen molar-refractivity contribution < 1.29 is 22.7 Å². The van der Waals surface area contributed by atoms with E-state index in [1.807, 2.05) is 13.0 Å². The third-order valence-electron chi connectivity index (χ3n) is 4.86. The van der Waals surface area contributed by atoms with Crippen molar-refractivity contribution in [3.8, 4) is 5.75 Å². The number of carbonyl (C=O) groups excluding carboxylic acids is 2. The molecule has 31 heavy (non-hydrogen) atoms. The van der Waals surface area contributed by atoms with Crippen molar-refractivity contribution in [1.29, 1.82) is 0 Å². The van der Waals surface area contributed by atoms with Crippen LogP contribution >= 0.6 is 0 Å². The Kier molecular flexibility index (Phi) is 5.20. The number of benzene rings is 2. The smallest absolute Gasteiger partial charge is 0.280 e. The van der Waals surface area contributed by atoms with Gasteiger partial charge in [0, 0.05) is 11.9 Å². The number of pyridine rings is 1. The molecule has 0 bridgehead atoms. The summed E-state index contributed by atoms with van der Waals surface area (Å²) in [4.78, 5) is 30.1. The van der Waals surface area contributed by atoms with Gasteiger partial charge in [0.2, 0.25) is 0 Å². The fourth-order valence-corrected chi connectivity index (χ4v) is 4.66. The van der Waals surface area contributed by atoms with Crippen LogP contribution in [0.3, 0.4) is 0 Å². The molecule has 0 fully saturated rings. The summed E-state index contributed by atoms with van der Waals surface area (Å²) < 4.78 is 33.9. The predicted octanol–water partition coefficient (Wildman–Crippen LogP) is 3.00. The zero-order valence-electron chi connectivity index (χ0n) is 16.8. The first kappa shape index (κ1) is 20.5. The lowest BCUT2D eigenvalue weighted by Crippen LogP contribution is -2.29. The fraction of sp³-hybridized carbons (Fsp3) is 0.136. The molecule has 0 aliphatic carbocycles. The molecular weight excluding hydrogens is 418 g/mol. The van der Waals surface area contributed by atoms with Crippen molar-refractivity contribution in [2.24, 2.45) is 0 Å². The predicted molar refractivity (Wildman–Crippen MR) is 113 cm³/mol. The summed E-state index contributed by atoms with van der Waals surface area (Å²) in [6.07, 6.45) is 1.45. The molecule has 0 atom stereocenters. The number of aryl methyl sites for hydroxylation is 1. The molecule has 0 unspecified atom stereocenters. The third kappa shape index (κ3) is 3.87. The number of nitrogens with zero attached hydrogens (tertiary/aromatic N) is 2. The van der Waals surface area contributed by atoms with Crippen LogP contribution in [0.4, 0.5) is 5.69 Å². The van der Waals surface area contributed by atoms with E-state index in [0.717, 1.165) is 10.5 Å². The van der Waals surface area contributed by atoms with Crippen LogP contribution < -0.4 is 9.46 Å². The lowest BCUT2D eigenvalue weighted by Gasteiger charge is -2.16. The van der Waals surface area contributed by atoms with Crippen LogP contribution in [-0.4, -0.2) is 37.2 Å². The van der Waals surface area contributed by atoms with Crippen LogP contribution in [0.2, 0.25) is 0 Å². The summed E-state index contributed by atoms with van der Waals surface area (Å²) in [5.74, 6) is -0.835. The van der Waals surface area contributed by atoms with E-state index in [0.29, 0.717) is 11.3 Å². The molecule has 158 valence electrons. The quantitative estimate of drug-likeness (QED) is 0.595. The molecule has 1 aliphatic rings. The first-order chi connectivity index (χ1) is 14.8. The van der Waals surface area contributed by atoms with E-state index in [-0.39, 0.29) is 28.4 Å². The molecular formula is C22H19N3O5S. The van der Waals surface area contributed by atoms with Gasteiger partial charge >= 0.3 is 0 Å². The molecule has 9 heteroatoms. The summed E-state index contributed by atoms with van der Waals surface area (Å²) >= 11 is 0. The van der Waals surface area contributed by atoms with E-state index in [2.05, 4.69) is 9.71 Å². The van der Waals surface area contributed by atoms with Gasteiger partial charge in [0.05, 0.1) is 19.2 Å². The molecule has 1 aliphatic heterocycles. The number of rotatable bonds is 6. The van der Waals surface area contributed by atoms with E-state index >= 15 is 0 Å². The molecule has 1 N–H and O–H groups in total. The van der Waals surface area contributed by atoms with Gasteiger partial charge in [0.25, 0.3) is 21.8 Å². The number of nitrogens with one attached hydrogen (secondary N) is 1. The Morgan fingerprint density at radius 2 is 1.84 bits per heavy atom. The lowest BCUT2D eigenvalue weighted by atomic mass is 10.2. The van der Waals surface area contributed by atoms with Gasteiger partial charge < -0.3 is 4.74 Å². The Balaban J connectivity index is 1.65. The Morgan fingerprint density at radius 1 is 1.03 bits per heavy atom. The highest BCUT2D eigenvalue weighted by Crippen LogP contribution is 2.29. The molecule has 2 amide bonds. The fourth-order valence-electron chi connectivity index (χ4n) is 3.39. The molecule has 0 saturated heterocycles. The van der Waals surface area contributed by atoms with Crippen molar-refractivity contribution in [2.75, 3.05) is 11.8 Å². The molecule has 0 saturated carbocycles. The normalized spacial score (nSPS) is 13.3. The van der Waals surface area contributed by atoms with Crippen LogP contribution in [-0.2, 0) is 16.6 Å². The van der Waals surface area contributed by atoms with Gasteiger partial charge in [-0.25, -0.2) is 8.42 Å². The molecule has 8 nitrogen and oxygen atoms in total. The van der Waals surface area contributed by atoms with Gasteiger partial charge in [-0.05, 0) is 54.4 Å². The summed E-state index contributed by atoms with van der Waals surface area (Å²) in [6.45, 7) is 1.76. The summed E-state index contributed by atoms with van der Waals surface area (Å²) in [5, 5.41) is 0. The van der Waals surface area contributed by atoms with E-state index in [1.165, 1.54) is 31.5 Å². The molecule has 3 aromatic rings. The summed E-state index contributed by atoms with van der Waals surface area (Å²) in [7, 11) is -2.61. The highest BCUT2D eigenvalue weighted by Gasteiger charge is 2.36. The number of imide groups is 1. The highest BCUT2D eigenvalue weighted by molar-refractivity contribution is 7.92. The molecule has 1 aromatic heterocycles. The number of aromatic nitrogens is 1. The topological polar surface area (TPSA) is 106 Å². The van der Waals surface area contributed by atoms with E-state index in [1.54, 1.807) is 30.3 Å². The van der Waals surface area contributed by atoms with Gasteiger partial charge in [-0.2, -0.15) is 0 Å². The number of hydrogen-bond acceptors (Lipinski definition) is 6. The number of carbonyl (C=O) groups is 2. The Bertz CT molecular complexity index is 1270. The lowest BCUT2D eigenvalue weighted by molar-refractivity contribution is 0.0640. The van der Waals surface area contributed by atoms with Crippen LogP contribution in [0, 0.1) is 6.92 Å². The van der Waals surface area contributed by atoms with Gasteiger partial charge in [0.15, 0.2) is 0 Å². The second-order valence-electron chi connectivity index (χ2n) is 7.06. The molecule has 0 spiro atoms. The minimum Gasteiger partial charge on any atom is -0.495 e. The Morgan fingerprint density at radius 3 is 2.55 bits per heavy atom. The van der Waals surface area contributed by atoms with Crippen molar-refractivity contribution in [2.45, 2.75) is 18.4 Å². The van der Waals surface area contributed by atoms with Gasteiger partial charge in [-0.3, -0.25) is 24.2 Å². The van der Waals surface area contributed by atoms with Crippen LogP contribution in [0.25, 0.3) is 0 Å². The van der Waals surface area contributed by atoms with Crippen molar-refractivity contribution in [3.05, 3.63) is 83.2 Å². The standard InChI is InChI=1S/C22H19N3O5S/c1-14-5-3-6-16(11-14)24-31(28,29)19-12-15(8-9-18(19)30-2)13-25-21(26)17-7-4-10-23-20(17)22(25)27/h3-12,24H,13H2,1-2H3. The number of methoxy groups -OCH3 is 1. The van der Waals surface area contributed by atoms with Crippen LogP contribution in [0.5, 0.6) is 5.75 Å². The van der Waals surface area contributed by atoms with E-state index < -0.39 is 21.8 Å². The number of hydrogen-bond donors (Lipinski definition) is 1. The maximum atomic E-state index is 13.0. The SMILES string of the molecule is COc1ccc(CN2C(=O)c3cccnc3C2=O)cc1S(=O)(=O)Nc1cccc(C)c1. The summed E-state index contributed by atoms with van der Waals surface area (Å²) in [5.41, 5.74) is 2.10. The molecule has 2 aromatic carbocycles. The second kappa shape index (κ2) is 7.84. The van der Waals surface area contributed by atoms with Gasteiger partial charge in [0.1, 0.15) is 16.3 Å². The Labute approximate surface area is 179 Å². The number of sulfonamides is 1. The minimum atomic E-state index is -3.99. The first-order valence-electron chi connectivity index (χ1n) is 9.38. The highest BCUT2D eigenvalue weighted by atomic mass is 32.2. The maximum absolute atomic E-state index is 13.0. The molecule has 0 radical (unpaired) electrons. The Hall–Kier alpha value is -3.72. The molecule has 2 heterocycles. The average molecular weight is 437 g/mol. The van der Waals surface area contributed by atoms with Gasteiger partial charge in [-0.1, -0.05) is 18.2 Å². The number of ether oxygens (including phenoxy) is 1. The number of amides is 2. The van der Waals surface area contributed by atoms with Crippen LogP contribution in [0.1, 0.15) is 32.0 Å². The summed E-state index contributed by atoms with van der Waals surface area (Å²) in [6, 6.07) is 14.6. The van der Waals surface area contributed by atoms with Crippen LogP contribution in [0.15, 0.2) is 65.7 Å². The van der Waals surface area contributed by atoms with Gasteiger partial charge in [-0.15, -0.1) is 0 Å². The van der Waals surface area contributed by atoms with Crippen molar-refractivity contribution >= 4 is 27.5 Å². The first-order valence-corrected chi connectivity index (χ1v) is 10.9. The largest absolute Gasteiger partial charge is 0.495 e. The second-order valence-corrected chi connectivity index (χ2v) is 8.71. The van der Waals surface area contributed by atoms with Crippen molar-refractivity contribution in [3.63, 3.8) is 0 Å². The number of fused-ring (bicyclic) bond motifs is 1. The maximum Gasteiger partial charge on any atom is 0.280 e. The third-order valence-corrected chi connectivity index (χ3v) is 6.26. The van der Waals surface area contributed by atoms with E-state index in [4.69, 9.17) is 4.74 Å². The molecule has 4 rings (SSSR count). The monoisotopic (exact) mass is 437 g/mol.